The lowest BCUT2D eigenvalue weighted by Gasteiger charge is -2.12. The van der Waals surface area contributed by atoms with Gasteiger partial charge < -0.3 is 10.6 Å². The first-order chi connectivity index (χ1) is 9.08. The second-order valence-corrected chi connectivity index (χ2v) is 5.86. The molecule has 0 bridgehead atoms. The topological polar surface area (TPSA) is 54.0 Å². The quantitative estimate of drug-likeness (QED) is 0.883. The van der Waals surface area contributed by atoms with E-state index in [1.54, 1.807) is 11.3 Å². The second kappa shape index (κ2) is 6.12. The van der Waals surface area contributed by atoms with Gasteiger partial charge in [0.25, 0.3) is 0 Å². The smallest absolute Gasteiger partial charge is 0.225 e. The van der Waals surface area contributed by atoms with Crippen molar-refractivity contribution in [2.24, 2.45) is 0 Å². The standard InChI is InChI=1S/C14H19N3OS/c1-4-15-9(2)7-14(18)17-11-5-6-12-13(8-11)19-10(3)16-12/h5-6,8-9,15H,4,7H2,1-3H3,(H,17,18). The summed E-state index contributed by atoms with van der Waals surface area (Å²) >= 11 is 1.64. The summed E-state index contributed by atoms with van der Waals surface area (Å²) in [6, 6.07) is 6.02. The zero-order valence-corrected chi connectivity index (χ0v) is 12.3. The molecule has 5 heteroatoms. The molecule has 0 fully saturated rings. The van der Waals surface area contributed by atoms with Gasteiger partial charge in [-0.2, -0.15) is 0 Å². The first kappa shape index (κ1) is 14.0. The van der Waals surface area contributed by atoms with E-state index in [0.29, 0.717) is 6.42 Å². The molecule has 1 amide bonds. The number of rotatable bonds is 5. The number of fused-ring (bicyclic) bond motifs is 1. The van der Waals surface area contributed by atoms with E-state index >= 15 is 0 Å². The maximum Gasteiger partial charge on any atom is 0.225 e. The van der Waals surface area contributed by atoms with Crippen molar-refractivity contribution >= 4 is 33.1 Å². The third kappa shape index (κ3) is 3.75. The zero-order valence-electron chi connectivity index (χ0n) is 11.5. The Morgan fingerprint density at radius 3 is 3.00 bits per heavy atom. The molecule has 0 aliphatic rings. The molecule has 0 saturated carbocycles. The van der Waals surface area contributed by atoms with Crippen molar-refractivity contribution in [2.45, 2.75) is 33.2 Å². The predicted molar refractivity (Wildman–Crippen MR) is 80.7 cm³/mol. The minimum atomic E-state index is 0.0361. The number of anilines is 1. The monoisotopic (exact) mass is 277 g/mol. The summed E-state index contributed by atoms with van der Waals surface area (Å²) < 4.78 is 1.11. The van der Waals surface area contributed by atoms with Crippen LogP contribution >= 0.6 is 11.3 Å². The highest BCUT2D eigenvalue weighted by molar-refractivity contribution is 7.18. The Balaban J connectivity index is 2.02. The number of aromatic nitrogens is 1. The number of benzene rings is 1. The van der Waals surface area contributed by atoms with Crippen LogP contribution in [0.15, 0.2) is 18.2 Å². The molecule has 2 N–H and O–H groups in total. The number of aryl methyl sites for hydroxylation is 1. The van der Waals surface area contributed by atoms with E-state index in [2.05, 4.69) is 15.6 Å². The first-order valence-corrected chi connectivity index (χ1v) is 7.30. The summed E-state index contributed by atoms with van der Waals surface area (Å²) in [7, 11) is 0. The number of amides is 1. The molecule has 2 rings (SSSR count). The molecule has 2 aromatic rings. The summed E-state index contributed by atoms with van der Waals surface area (Å²) in [4.78, 5) is 16.3. The van der Waals surface area contributed by atoms with Crippen molar-refractivity contribution in [3.8, 4) is 0 Å². The van der Waals surface area contributed by atoms with Gasteiger partial charge in [0.1, 0.15) is 0 Å². The van der Waals surface area contributed by atoms with Crippen molar-refractivity contribution < 1.29 is 4.79 Å². The van der Waals surface area contributed by atoms with Crippen molar-refractivity contribution in [3.05, 3.63) is 23.2 Å². The maximum atomic E-state index is 11.9. The molecule has 19 heavy (non-hydrogen) atoms. The molecule has 0 aliphatic heterocycles. The lowest BCUT2D eigenvalue weighted by Crippen LogP contribution is -2.30. The van der Waals surface area contributed by atoms with Crippen LogP contribution in [0.1, 0.15) is 25.3 Å². The molecule has 1 atom stereocenters. The Morgan fingerprint density at radius 1 is 1.47 bits per heavy atom. The van der Waals surface area contributed by atoms with Crippen molar-refractivity contribution in [1.29, 1.82) is 0 Å². The predicted octanol–water partition coefficient (Wildman–Crippen LogP) is 2.93. The maximum absolute atomic E-state index is 11.9. The number of hydrogen-bond donors (Lipinski definition) is 2. The van der Waals surface area contributed by atoms with Crippen molar-refractivity contribution in [1.82, 2.24) is 10.3 Å². The van der Waals surface area contributed by atoms with E-state index in [4.69, 9.17) is 0 Å². The Labute approximate surface area is 117 Å². The van der Waals surface area contributed by atoms with Gasteiger partial charge in [-0.15, -0.1) is 11.3 Å². The van der Waals surface area contributed by atoms with Gasteiger partial charge in [0.2, 0.25) is 5.91 Å². The van der Waals surface area contributed by atoms with E-state index in [9.17, 15) is 4.79 Å². The lowest BCUT2D eigenvalue weighted by atomic mass is 10.2. The Kier molecular flexibility index (Phi) is 4.50. The number of hydrogen-bond acceptors (Lipinski definition) is 4. The van der Waals surface area contributed by atoms with Gasteiger partial charge in [-0.3, -0.25) is 4.79 Å². The van der Waals surface area contributed by atoms with Crippen LogP contribution in [0.25, 0.3) is 10.2 Å². The third-order valence-electron chi connectivity index (χ3n) is 2.82. The summed E-state index contributed by atoms with van der Waals surface area (Å²) in [6.45, 7) is 6.91. The fraction of sp³-hybridized carbons (Fsp3) is 0.429. The fourth-order valence-corrected chi connectivity index (χ4v) is 2.89. The SMILES string of the molecule is CCNC(C)CC(=O)Nc1ccc2nc(C)sc2c1. The van der Waals surface area contributed by atoms with Crippen LogP contribution in [-0.4, -0.2) is 23.5 Å². The number of carbonyl (C=O) groups is 1. The fourth-order valence-electron chi connectivity index (χ4n) is 2.03. The van der Waals surface area contributed by atoms with Crippen LogP contribution in [0.3, 0.4) is 0 Å². The first-order valence-electron chi connectivity index (χ1n) is 6.49. The van der Waals surface area contributed by atoms with E-state index in [1.807, 2.05) is 39.0 Å². The van der Waals surface area contributed by atoms with Crippen LogP contribution in [0, 0.1) is 6.92 Å². The molecule has 1 heterocycles. The van der Waals surface area contributed by atoms with Crippen LogP contribution in [0.2, 0.25) is 0 Å². The largest absolute Gasteiger partial charge is 0.326 e. The average molecular weight is 277 g/mol. The highest BCUT2D eigenvalue weighted by Crippen LogP contribution is 2.24. The minimum absolute atomic E-state index is 0.0361. The van der Waals surface area contributed by atoms with E-state index in [-0.39, 0.29) is 11.9 Å². The number of nitrogens with one attached hydrogen (secondary N) is 2. The van der Waals surface area contributed by atoms with Crippen molar-refractivity contribution in [2.75, 3.05) is 11.9 Å². The van der Waals surface area contributed by atoms with Crippen LogP contribution < -0.4 is 10.6 Å². The molecule has 1 unspecified atom stereocenters. The number of thiazole rings is 1. The van der Waals surface area contributed by atoms with Crippen molar-refractivity contribution in [3.63, 3.8) is 0 Å². The van der Waals surface area contributed by atoms with Gasteiger partial charge in [0.15, 0.2) is 0 Å². The normalized spacial score (nSPS) is 12.6. The van der Waals surface area contributed by atoms with Gasteiger partial charge in [0.05, 0.1) is 15.2 Å². The van der Waals surface area contributed by atoms with Gasteiger partial charge in [0, 0.05) is 18.2 Å². The van der Waals surface area contributed by atoms with Crippen LogP contribution in [0.5, 0.6) is 0 Å². The van der Waals surface area contributed by atoms with E-state index < -0.39 is 0 Å². The second-order valence-electron chi connectivity index (χ2n) is 4.63. The van der Waals surface area contributed by atoms with Gasteiger partial charge in [-0.1, -0.05) is 6.92 Å². The number of nitrogens with zero attached hydrogens (tertiary/aromatic N) is 1. The Hall–Kier alpha value is -1.46. The average Bonchev–Trinajstić information content (AvgIpc) is 2.68. The summed E-state index contributed by atoms with van der Waals surface area (Å²) in [5.41, 5.74) is 1.83. The molecular formula is C14H19N3OS. The molecule has 1 aromatic heterocycles. The van der Waals surface area contributed by atoms with Crippen LogP contribution in [-0.2, 0) is 4.79 Å². The highest BCUT2D eigenvalue weighted by atomic mass is 32.1. The lowest BCUT2D eigenvalue weighted by molar-refractivity contribution is -0.116. The van der Waals surface area contributed by atoms with E-state index in [1.165, 1.54) is 0 Å². The molecule has 1 aromatic carbocycles. The molecule has 0 radical (unpaired) electrons. The van der Waals surface area contributed by atoms with Gasteiger partial charge in [-0.05, 0) is 38.6 Å². The summed E-state index contributed by atoms with van der Waals surface area (Å²) in [5.74, 6) is 0.0361. The summed E-state index contributed by atoms with van der Waals surface area (Å²) in [5, 5.41) is 7.20. The summed E-state index contributed by atoms with van der Waals surface area (Å²) in [6.07, 6.45) is 0.480. The molecule has 4 nitrogen and oxygen atoms in total. The molecule has 102 valence electrons. The molecule has 0 saturated heterocycles. The third-order valence-corrected chi connectivity index (χ3v) is 3.76. The van der Waals surface area contributed by atoms with Gasteiger partial charge in [-0.25, -0.2) is 4.98 Å². The molecule has 0 spiro atoms. The van der Waals surface area contributed by atoms with E-state index in [0.717, 1.165) is 27.5 Å². The Bertz CT molecular complexity index is 579. The van der Waals surface area contributed by atoms with Gasteiger partial charge >= 0.3 is 0 Å². The highest BCUT2D eigenvalue weighted by Gasteiger charge is 2.09. The Morgan fingerprint density at radius 2 is 2.26 bits per heavy atom. The minimum Gasteiger partial charge on any atom is -0.326 e. The number of carbonyl (C=O) groups excluding carboxylic acids is 1. The molecule has 0 aliphatic carbocycles. The zero-order chi connectivity index (χ0) is 13.8. The van der Waals surface area contributed by atoms with Crippen LogP contribution in [0.4, 0.5) is 5.69 Å². The molecular weight excluding hydrogens is 258 g/mol.